The van der Waals surface area contributed by atoms with Gasteiger partial charge in [0.25, 0.3) is 0 Å². The Morgan fingerprint density at radius 2 is 2.00 bits per heavy atom. The van der Waals surface area contributed by atoms with E-state index in [1.807, 2.05) is 6.07 Å². The Morgan fingerprint density at radius 1 is 1.19 bits per heavy atom. The first-order valence-electron chi connectivity index (χ1n) is 8.44. The molecule has 2 bridgehead atoms. The van der Waals surface area contributed by atoms with Gasteiger partial charge in [-0.25, -0.2) is 0 Å². The molecule has 21 heavy (non-hydrogen) atoms. The molecule has 4 aliphatic rings. The van der Waals surface area contributed by atoms with Crippen LogP contribution in [-0.2, 0) is 0 Å². The minimum atomic E-state index is 0.721. The maximum Gasteiger partial charge on any atom is 0.119 e. The molecule has 1 N–H and O–H groups in total. The lowest BCUT2D eigenvalue weighted by Crippen LogP contribution is -2.59. The molecule has 114 valence electrons. The zero-order valence-electron chi connectivity index (χ0n) is 12.9. The van der Waals surface area contributed by atoms with Crippen molar-refractivity contribution < 1.29 is 4.74 Å². The van der Waals surface area contributed by atoms with Crippen molar-refractivity contribution in [1.82, 2.24) is 10.2 Å². The minimum Gasteiger partial charge on any atom is -0.497 e. The summed E-state index contributed by atoms with van der Waals surface area (Å²) < 4.78 is 5.33. The maximum atomic E-state index is 5.33. The molecule has 0 radical (unpaired) electrons. The summed E-state index contributed by atoms with van der Waals surface area (Å²) in [5, 5.41) is 3.94. The SMILES string of the molecule is COc1cccc(C2CC(NC3CN4CCC3CC4)C2)c1. The zero-order valence-corrected chi connectivity index (χ0v) is 12.9. The Kier molecular flexibility index (Phi) is 3.64. The number of benzene rings is 1. The zero-order chi connectivity index (χ0) is 14.2. The van der Waals surface area contributed by atoms with Crippen molar-refractivity contribution >= 4 is 0 Å². The van der Waals surface area contributed by atoms with E-state index in [1.54, 1.807) is 7.11 Å². The number of nitrogens with one attached hydrogen (secondary N) is 1. The molecule has 1 unspecified atom stereocenters. The van der Waals surface area contributed by atoms with Gasteiger partial charge in [-0.05, 0) is 68.3 Å². The average Bonchev–Trinajstić information content (AvgIpc) is 2.51. The normalized spacial score (nSPS) is 38.0. The van der Waals surface area contributed by atoms with Crippen molar-refractivity contribution in [2.24, 2.45) is 5.92 Å². The van der Waals surface area contributed by atoms with Gasteiger partial charge in [0, 0.05) is 18.6 Å². The lowest BCUT2D eigenvalue weighted by molar-refractivity contribution is 0.0584. The van der Waals surface area contributed by atoms with Crippen LogP contribution in [0.4, 0.5) is 0 Å². The van der Waals surface area contributed by atoms with E-state index in [4.69, 9.17) is 4.74 Å². The van der Waals surface area contributed by atoms with Crippen LogP contribution in [0.25, 0.3) is 0 Å². The second-order valence-corrected chi connectivity index (χ2v) is 7.05. The van der Waals surface area contributed by atoms with Gasteiger partial charge >= 0.3 is 0 Å². The number of rotatable bonds is 4. The average molecular weight is 286 g/mol. The summed E-state index contributed by atoms with van der Waals surface area (Å²) in [7, 11) is 1.75. The van der Waals surface area contributed by atoms with Crippen molar-refractivity contribution in [2.45, 2.75) is 43.7 Å². The predicted molar refractivity (Wildman–Crippen MR) is 84.8 cm³/mol. The van der Waals surface area contributed by atoms with E-state index in [0.717, 1.165) is 29.7 Å². The van der Waals surface area contributed by atoms with Gasteiger partial charge in [-0.15, -0.1) is 0 Å². The Morgan fingerprint density at radius 3 is 2.67 bits per heavy atom. The summed E-state index contributed by atoms with van der Waals surface area (Å²) >= 11 is 0. The lowest BCUT2D eigenvalue weighted by Gasteiger charge is -2.48. The molecule has 0 aromatic heterocycles. The number of hydrogen-bond donors (Lipinski definition) is 1. The van der Waals surface area contributed by atoms with Crippen LogP contribution in [0.1, 0.15) is 37.2 Å². The number of fused-ring (bicyclic) bond motifs is 3. The van der Waals surface area contributed by atoms with Crippen LogP contribution in [0.2, 0.25) is 0 Å². The second-order valence-electron chi connectivity index (χ2n) is 7.05. The van der Waals surface area contributed by atoms with Crippen molar-refractivity contribution in [1.29, 1.82) is 0 Å². The molecule has 0 amide bonds. The van der Waals surface area contributed by atoms with E-state index in [-0.39, 0.29) is 0 Å². The summed E-state index contributed by atoms with van der Waals surface area (Å²) in [4.78, 5) is 2.63. The van der Waals surface area contributed by atoms with Gasteiger partial charge in [-0.3, -0.25) is 0 Å². The highest BCUT2D eigenvalue weighted by molar-refractivity contribution is 5.32. The van der Waals surface area contributed by atoms with Crippen molar-refractivity contribution in [3.8, 4) is 5.75 Å². The number of piperidine rings is 3. The van der Waals surface area contributed by atoms with Gasteiger partial charge in [-0.2, -0.15) is 0 Å². The molecular weight excluding hydrogens is 260 g/mol. The second kappa shape index (κ2) is 5.62. The number of nitrogens with zero attached hydrogens (tertiary/aromatic N) is 1. The third-order valence-corrected chi connectivity index (χ3v) is 5.81. The molecule has 1 aromatic carbocycles. The smallest absolute Gasteiger partial charge is 0.119 e. The van der Waals surface area contributed by atoms with Crippen LogP contribution in [0.5, 0.6) is 5.75 Å². The largest absolute Gasteiger partial charge is 0.497 e. The van der Waals surface area contributed by atoms with Crippen LogP contribution < -0.4 is 10.1 Å². The standard InChI is InChI=1S/C18H26N2O/c1-21-17-4-2-3-14(11-17)15-9-16(10-15)19-18-12-20-7-5-13(18)6-8-20/h2-4,11,13,15-16,18-19H,5-10,12H2,1H3. The highest BCUT2D eigenvalue weighted by Crippen LogP contribution is 2.39. The quantitative estimate of drug-likeness (QED) is 0.921. The molecule has 4 fully saturated rings. The fraction of sp³-hybridized carbons (Fsp3) is 0.667. The Labute approximate surface area is 127 Å². The molecule has 0 spiro atoms. The molecular formula is C18H26N2O. The van der Waals surface area contributed by atoms with E-state index < -0.39 is 0 Å². The first-order chi connectivity index (χ1) is 10.3. The summed E-state index contributed by atoms with van der Waals surface area (Å²) in [6.45, 7) is 3.95. The molecule has 1 aliphatic carbocycles. The number of hydrogen-bond acceptors (Lipinski definition) is 3. The first kappa shape index (κ1) is 13.6. The van der Waals surface area contributed by atoms with Crippen LogP contribution in [0.3, 0.4) is 0 Å². The van der Waals surface area contributed by atoms with E-state index in [0.29, 0.717) is 0 Å². The lowest BCUT2D eigenvalue weighted by atomic mass is 9.74. The van der Waals surface area contributed by atoms with Gasteiger partial charge in [0.1, 0.15) is 5.75 Å². The van der Waals surface area contributed by atoms with Crippen LogP contribution in [-0.4, -0.2) is 43.7 Å². The summed E-state index contributed by atoms with van der Waals surface area (Å²) in [5.41, 5.74) is 1.45. The van der Waals surface area contributed by atoms with E-state index in [9.17, 15) is 0 Å². The third-order valence-electron chi connectivity index (χ3n) is 5.81. The molecule has 3 aliphatic heterocycles. The predicted octanol–water partition coefficient (Wildman–Crippen LogP) is 2.63. The molecule has 3 heterocycles. The Bertz CT molecular complexity index is 490. The monoisotopic (exact) mass is 286 g/mol. The fourth-order valence-corrected chi connectivity index (χ4v) is 4.38. The van der Waals surface area contributed by atoms with Crippen molar-refractivity contribution in [3.63, 3.8) is 0 Å². The fourth-order valence-electron chi connectivity index (χ4n) is 4.38. The molecule has 3 nitrogen and oxygen atoms in total. The van der Waals surface area contributed by atoms with Crippen molar-refractivity contribution in [3.05, 3.63) is 29.8 Å². The molecule has 3 saturated heterocycles. The van der Waals surface area contributed by atoms with Crippen LogP contribution in [0, 0.1) is 5.92 Å². The van der Waals surface area contributed by atoms with Crippen molar-refractivity contribution in [2.75, 3.05) is 26.7 Å². The maximum absolute atomic E-state index is 5.33. The summed E-state index contributed by atoms with van der Waals surface area (Å²) in [5.74, 6) is 2.64. The molecule has 1 saturated carbocycles. The van der Waals surface area contributed by atoms with Gasteiger partial charge in [-0.1, -0.05) is 12.1 Å². The molecule has 1 atom stereocenters. The minimum absolute atomic E-state index is 0.721. The summed E-state index contributed by atoms with van der Waals surface area (Å²) in [6.07, 6.45) is 5.39. The number of ether oxygens (including phenoxy) is 1. The Balaban J connectivity index is 1.31. The highest BCUT2D eigenvalue weighted by Gasteiger charge is 2.38. The first-order valence-corrected chi connectivity index (χ1v) is 8.44. The highest BCUT2D eigenvalue weighted by atomic mass is 16.5. The topological polar surface area (TPSA) is 24.5 Å². The molecule has 3 heteroatoms. The Hall–Kier alpha value is -1.06. The van der Waals surface area contributed by atoms with Crippen LogP contribution >= 0.6 is 0 Å². The van der Waals surface area contributed by atoms with Gasteiger partial charge in [0.05, 0.1) is 7.11 Å². The van der Waals surface area contributed by atoms with Gasteiger partial charge < -0.3 is 15.0 Å². The van der Waals surface area contributed by atoms with E-state index in [2.05, 4.69) is 28.4 Å². The van der Waals surface area contributed by atoms with Gasteiger partial charge in [0.2, 0.25) is 0 Å². The molecule has 5 rings (SSSR count). The molecule has 1 aromatic rings. The van der Waals surface area contributed by atoms with Gasteiger partial charge in [0.15, 0.2) is 0 Å². The van der Waals surface area contributed by atoms with E-state index >= 15 is 0 Å². The number of methoxy groups -OCH3 is 1. The summed E-state index contributed by atoms with van der Waals surface area (Å²) in [6, 6.07) is 10.1. The third kappa shape index (κ3) is 2.69. The van der Waals surface area contributed by atoms with E-state index in [1.165, 1.54) is 50.9 Å². The van der Waals surface area contributed by atoms with Crippen LogP contribution in [0.15, 0.2) is 24.3 Å².